The number of fused-ring (bicyclic) bond motifs is 2. The molecule has 1 aliphatic carbocycles. The fraction of sp³-hybridized carbons (Fsp3) is 0.214. The molecular weight excluding hydrogens is 318 g/mol. The lowest BCUT2D eigenvalue weighted by Crippen LogP contribution is -1.98. The van der Waals surface area contributed by atoms with Crippen LogP contribution in [-0.4, -0.2) is 19.5 Å². The van der Waals surface area contributed by atoms with Crippen LogP contribution < -0.4 is 5.73 Å². The van der Waals surface area contributed by atoms with E-state index in [1.807, 2.05) is 4.57 Å². The summed E-state index contributed by atoms with van der Waals surface area (Å²) in [6, 6.07) is 4.33. The van der Waals surface area contributed by atoms with Gasteiger partial charge in [0.1, 0.15) is 12.7 Å². The van der Waals surface area contributed by atoms with E-state index in [0.29, 0.717) is 11.3 Å². The van der Waals surface area contributed by atoms with Crippen LogP contribution in [0.5, 0.6) is 0 Å². The predicted molar refractivity (Wildman–Crippen MR) is 80.8 cm³/mol. The van der Waals surface area contributed by atoms with Crippen molar-refractivity contribution in [3.8, 4) is 5.69 Å². The van der Waals surface area contributed by atoms with Gasteiger partial charge in [-0.05, 0) is 42.5 Å². The number of halogens is 1. The zero-order valence-corrected chi connectivity index (χ0v) is 12.3. The number of nitrogens with zero attached hydrogens (tertiary/aromatic N) is 4. The molecule has 0 atom stereocenters. The van der Waals surface area contributed by atoms with E-state index in [-0.39, 0.29) is 0 Å². The van der Waals surface area contributed by atoms with Crippen molar-refractivity contribution in [2.75, 3.05) is 5.73 Å². The third-order valence-electron chi connectivity index (χ3n) is 3.79. The van der Waals surface area contributed by atoms with Crippen molar-refractivity contribution in [2.45, 2.75) is 19.3 Å². The molecule has 5 nitrogen and oxygen atoms in total. The molecule has 6 heteroatoms. The second-order valence-corrected chi connectivity index (χ2v) is 5.82. The maximum Gasteiger partial charge on any atom is 0.170 e. The minimum absolute atomic E-state index is 0.411. The second-order valence-electron chi connectivity index (χ2n) is 4.96. The maximum atomic E-state index is 5.83. The van der Waals surface area contributed by atoms with E-state index in [1.54, 1.807) is 6.33 Å². The molecular formula is C14H12BrN5. The van der Waals surface area contributed by atoms with Gasteiger partial charge in [-0.1, -0.05) is 15.9 Å². The van der Waals surface area contributed by atoms with Gasteiger partial charge in [0.2, 0.25) is 0 Å². The smallest absolute Gasteiger partial charge is 0.170 e. The van der Waals surface area contributed by atoms with Crippen LogP contribution in [0.1, 0.15) is 17.5 Å². The average Bonchev–Trinajstić information content (AvgIpc) is 3.05. The first-order valence-electron chi connectivity index (χ1n) is 6.49. The van der Waals surface area contributed by atoms with Gasteiger partial charge in [0.15, 0.2) is 17.0 Å². The van der Waals surface area contributed by atoms with Gasteiger partial charge in [-0.15, -0.1) is 0 Å². The molecule has 0 aliphatic heterocycles. The van der Waals surface area contributed by atoms with Gasteiger partial charge >= 0.3 is 0 Å². The fourth-order valence-corrected chi connectivity index (χ4v) is 3.50. The van der Waals surface area contributed by atoms with E-state index < -0.39 is 0 Å². The van der Waals surface area contributed by atoms with Gasteiger partial charge in [-0.3, -0.25) is 4.57 Å². The third kappa shape index (κ3) is 1.64. The summed E-state index contributed by atoms with van der Waals surface area (Å²) < 4.78 is 3.11. The summed E-state index contributed by atoms with van der Waals surface area (Å²) in [5.74, 6) is 0.411. The lowest BCUT2D eigenvalue weighted by atomic mass is 10.1. The number of hydrogen-bond acceptors (Lipinski definition) is 4. The van der Waals surface area contributed by atoms with E-state index in [4.69, 9.17) is 5.73 Å². The van der Waals surface area contributed by atoms with Crippen molar-refractivity contribution in [3.05, 3.63) is 40.4 Å². The van der Waals surface area contributed by atoms with Crippen LogP contribution in [-0.2, 0) is 12.8 Å². The lowest BCUT2D eigenvalue weighted by Gasteiger charge is -2.09. The Labute approximate surface area is 124 Å². The van der Waals surface area contributed by atoms with Gasteiger partial charge in [0.25, 0.3) is 0 Å². The number of nitrogen functional groups attached to an aromatic ring is 1. The molecule has 2 N–H and O–H groups in total. The van der Waals surface area contributed by atoms with Gasteiger partial charge in [-0.25, -0.2) is 15.0 Å². The molecule has 20 heavy (non-hydrogen) atoms. The highest BCUT2D eigenvalue weighted by Crippen LogP contribution is 2.32. The molecule has 1 aliphatic rings. The first-order valence-corrected chi connectivity index (χ1v) is 7.28. The van der Waals surface area contributed by atoms with Crippen LogP contribution in [0.3, 0.4) is 0 Å². The molecule has 100 valence electrons. The summed E-state index contributed by atoms with van der Waals surface area (Å²) in [5.41, 5.74) is 11.1. The Morgan fingerprint density at radius 3 is 2.95 bits per heavy atom. The zero-order valence-electron chi connectivity index (χ0n) is 10.7. The number of hydrogen-bond donors (Lipinski definition) is 1. The minimum atomic E-state index is 0.411. The Hall–Kier alpha value is -1.95. The predicted octanol–water partition coefficient (Wildman–Crippen LogP) is 2.65. The minimum Gasteiger partial charge on any atom is -0.382 e. The van der Waals surface area contributed by atoms with Crippen LogP contribution in [0.25, 0.3) is 16.9 Å². The highest BCUT2D eigenvalue weighted by Gasteiger charge is 2.17. The largest absolute Gasteiger partial charge is 0.382 e. The van der Waals surface area contributed by atoms with Crippen molar-refractivity contribution in [1.29, 1.82) is 0 Å². The summed E-state index contributed by atoms with van der Waals surface area (Å²) in [4.78, 5) is 12.6. The van der Waals surface area contributed by atoms with Crippen molar-refractivity contribution in [3.63, 3.8) is 0 Å². The molecule has 0 amide bonds. The van der Waals surface area contributed by atoms with Crippen LogP contribution >= 0.6 is 15.9 Å². The van der Waals surface area contributed by atoms with E-state index in [2.05, 4.69) is 43.0 Å². The Kier molecular flexibility index (Phi) is 2.53. The van der Waals surface area contributed by atoms with Gasteiger partial charge in [0.05, 0.1) is 0 Å². The lowest BCUT2D eigenvalue weighted by molar-refractivity contribution is 0.910. The number of aryl methyl sites for hydroxylation is 1. The second kappa shape index (κ2) is 4.28. The summed E-state index contributed by atoms with van der Waals surface area (Å²) >= 11 is 3.67. The fourth-order valence-electron chi connectivity index (χ4n) is 2.82. The van der Waals surface area contributed by atoms with Crippen molar-refractivity contribution in [2.24, 2.45) is 0 Å². The summed E-state index contributed by atoms with van der Waals surface area (Å²) in [7, 11) is 0. The first kappa shape index (κ1) is 11.8. The normalized spacial score (nSPS) is 13.8. The molecule has 0 fully saturated rings. The summed E-state index contributed by atoms with van der Waals surface area (Å²) in [5, 5.41) is 0. The Bertz CT molecular complexity index is 824. The Balaban J connectivity index is 1.96. The van der Waals surface area contributed by atoms with Crippen molar-refractivity contribution in [1.82, 2.24) is 19.5 Å². The van der Waals surface area contributed by atoms with E-state index in [1.165, 1.54) is 23.9 Å². The SMILES string of the molecule is Nc1ncnc2c1ncn2-c1cc(Br)c2c(c1)CCC2. The van der Waals surface area contributed by atoms with E-state index in [9.17, 15) is 0 Å². The molecule has 0 spiro atoms. The third-order valence-corrected chi connectivity index (χ3v) is 4.49. The van der Waals surface area contributed by atoms with Crippen LogP contribution in [0.2, 0.25) is 0 Å². The molecule has 4 rings (SSSR count). The van der Waals surface area contributed by atoms with E-state index >= 15 is 0 Å². The standard InChI is InChI=1S/C14H12BrN5/c15-11-5-9(4-8-2-1-3-10(8)11)20-7-19-12-13(16)17-6-18-14(12)20/h4-7H,1-3H2,(H2,16,17,18). The monoisotopic (exact) mass is 329 g/mol. The van der Waals surface area contributed by atoms with Crippen LogP contribution in [0.15, 0.2) is 29.3 Å². The number of rotatable bonds is 1. The van der Waals surface area contributed by atoms with Gasteiger partial charge < -0.3 is 5.73 Å². The van der Waals surface area contributed by atoms with Crippen LogP contribution in [0, 0.1) is 0 Å². The first-order chi connectivity index (χ1) is 9.74. The molecule has 1 aromatic carbocycles. The number of aromatic nitrogens is 4. The number of imidazole rings is 1. The molecule has 0 saturated carbocycles. The maximum absolute atomic E-state index is 5.83. The molecule has 3 aromatic rings. The zero-order chi connectivity index (χ0) is 13.7. The molecule has 0 saturated heterocycles. The van der Waals surface area contributed by atoms with Gasteiger partial charge in [0, 0.05) is 10.2 Å². The molecule has 0 radical (unpaired) electrons. The molecule has 2 aromatic heterocycles. The molecule has 2 heterocycles. The van der Waals surface area contributed by atoms with Crippen molar-refractivity contribution < 1.29 is 0 Å². The van der Waals surface area contributed by atoms with Crippen LogP contribution in [0.4, 0.5) is 5.82 Å². The van der Waals surface area contributed by atoms with Crippen molar-refractivity contribution >= 4 is 32.9 Å². The number of nitrogens with two attached hydrogens (primary N) is 1. The summed E-state index contributed by atoms with van der Waals surface area (Å²) in [6.45, 7) is 0. The number of anilines is 1. The topological polar surface area (TPSA) is 69.6 Å². The highest BCUT2D eigenvalue weighted by atomic mass is 79.9. The van der Waals surface area contributed by atoms with Gasteiger partial charge in [-0.2, -0.15) is 0 Å². The van der Waals surface area contributed by atoms with E-state index in [0.717, 1.165) is 28.6 Å². The highest BCUT2D eigenvalue weighted by molar-refractivity contribution is 9.10. The quantitative estimate of drug-likeness (QED) is 0.745. The average molecular weight is 330 g/mol. The molecule has 0 bridgehead atoms. The summed E-state index contributed by atoms with van der Waals surface area (Å²) in [6.07, 6.45) is 6.72. The number of benzene rings is 1. The Morgan fingerprint density at radius 1 is 1.15 bits per heavy atom. The molecule has 0 unspecified atom stereocenters. The Morgan fingerprint density at radius 2 is 2.05 bits per heavy atom.